The van der Waals surface area contributed by atoms with Crippen LogP contribution in [0.15, 0.2) is 22.0 Å². The zero-order valence-electron chi connectivity index (χ0n) is 10.5. The van der Waals surface area contributed by atoms with Crippen LogP contribution in [0.5, 0.6) is 0 Å². The summed E-state index contributed by atoms with van der Waals surface area (Å²) < 4.78 is 5.16. The molecule has 1 atom stereocenters. The summed E-state index contributed by atoms with van der Waals surface area (Å²) in [5.41, 5.74) is 2.16. The molecule has 2 aromatic rings. The molecule has 0 amide bonds. The van der Waals surface area contributed by atoms with E-state index in [1.165, 1.54) is 10.4 Å². The van der Waals surface area contributed by atoms with Gasteiger partial charge in [0.1, 0.15) is 5.76 Å². The van der Waals surface area contributed by atoms with Gasteiger partial charge in [0, 0.05) is 23.0 Å². The normalized spacial score (nSPS) is 12.9. The molecule has 17 heavy (non-hydrogen) atoms. The van der Waals surface area contributed by atoms with Gasteiger partial charge in [-0.05, 0) is 31.7 Å². The maximum atomic E-state index is 5.16. The third-order valence-corrected chi connectivity index (χ3v) is 3.99. The van der Waals surface area contributed by atoms with Crippen molar-refractivity contribution in [2.45, 2.75) is 39.8 Å². The quantitative estimate of drug-likeness (QED) is 0.881. The summed E-state index contributed by atoms with van der Waals surface area (Å²) in [6, 6.07) is 4.70. The van der Waals surface area contributed by atoms with Crippen LogP contribution in [0.3, 0.4) is 0 Å². The molecular weight excluding hydrogens is 232 g/mol. The summed E-state index contributed by atoms with van der Waals surface area (Å²) in [7, 11) is 0. The number of hydrogen-bond donors (Lipinski definition) is 1. The van der Waals surface area contributed by atoms with Gasteiger partial charge in [-0.2, -0.15) is 0 Å². The van der Waals surface area contributed by atoms with Gasteiger partial charge in [-0.3, -0.25) is 0 Å². The Labute approximate surface area is 106 Å². The first-order valence-electron chi connectivity index (χ1n) is 5.91. The summed E-state index contributed by atoms with van der Waals surface area (Å²) in [4.78, 5) is 1.39. The molecule has 0 bridgehead atoms. The zero-order chi connectivity index (χ0) is 12.3. The Hall–Kier alpha value is -1.13. The first kappa shape index (κ1) is 12.3. The molecule has 0 saturated heterocycles. The van der Waals surface area contributed by atoms with Gasteiger partial charge in [0.05, 0.1) is 5.69 Å². The highest BCUT2D eigenvalue weighted by Crippen LogP contribution is 2.22. The highest BCUT2D eigenvalue weighted by Gasteiger charge is 2.13. The molecule has 92 valence electrons. The minimum absolute atomic E-state index is 0.420. The maximum Gasteiger partial charge on any atom is 0.138 e. The number of hydrogen-bond acceptors (Lipinski definition) is 4. The van der Waals surface area contributed by atoms with Crippen molar-refractivity contribution in [2.24, 2.45) is 0 Å². The van der Waals surface area contributed by atoms with Gasteiger partial charge in [-0.1, -0.05) is 18.1 Å². The molecule has 0 saturated carbocycles. The van der Waals surface area contributed by atoms with Gasteiger partial charge in [-0.25, -0.2) is 0 Å². The van der Waals surface area contributed by atoms with Gasteiger partial charge >= 0.3 is 0 Å². The lowest BCUT2D eigenvalue weighted by atomic mass is 10.1. The Bertz CT molecular complexity index is 442. The average Bonchev–Trinajstić information content (AvgIpc) is 2.94. The number of rotatable bonds is 5. The van der Waals surface area contributed by atoms with E-state index >= 15 is 0 Å². The van der Waals surface area contributed by atoms with Crippen molar-refractivity contribution in [1.82, 2.24) is 10.5 Å². The molecule has 2 aromatic heterocycles. The zero-order valence-corrected chi connectivity index (χ0v) is 11.3. The molecule has 0 aliphatic carbocycles. The lowest BCUT2D eigenvalue weighted by Crippen LogP contribution is -2.19. The summed E-state index contributed by atoms with van der Waals surface area (Å²) in [5.74, 6) is 0.913. The minimum Gasteiger partial charge on any atom is -0.361 e. The highest BCUT2D eigenvalue weighted by atomic mass is 32.1. The first-order chi connectivity index (χ1) is 8.22. The fourth-order valence-electron chi connectivity index (χ4n) is 1.92. The fraction of sp³-hybridized carbons (Fsp3) is 0.462. The molecule has 1 unspecified atom stereocenters. The minimum atomic E-state index is 0.420. The second kappa shape index (κ2) is 5.47. The Kier molecular flexibility index (Phi) is 3.97. The van der Waals surface area contributed by atoms with Crippen LogP contribution in [-0.4, -0.2) is 5.16 Å². The first-order valence-corrected chi connectivity index (χ1v) is 6.78. The Morgan fingerprint density at radius 2 is 2.29 bits per heavy atom. The molecular formula is C13H18N2OS. The van der Waals surface area contributed by atoms with E-state index in [4.69, 9.17) is 4.52 Å². The van der Waals surface area contributed by atoms with E-state index in [-0.39, 0.29) is 0 Å². The molecule has 2 heterocycles. The smallest absolute Gasteiger partial charge is 0.138 e. The summed E-state index contributed by atoms with van der Waals surface area (Å²) in [6.45, 7) is 6.96. The number of nitrogens with one attached hydrogen (secondary N) is 1. The van der Waals surface area contributed by atoms with Gasteiger partial charge < -0.3 is 9.84 Å². The van der Waals surface area contributed by atoms with Crippen molar-refractivity contribution in [1.29, 1.82) is 0 Å². The third kappa shape index (κ3) is 2.76. The predicted octanol–water partition coefficient (Wildman–Crippen LogP) is 3.59. The van der Waals surface area contributed by atoms with Crippen molar-refractivity contribution >= 4 is 11.3 Å². The summed E-state index contributed by atoms with van der Waals surface area (Å²) >= 11 is 1.80. The van der Waals surface area contributed by atoms with Gasteiger partial charge in [-0.15, -0.1) is 11.3 Å². The molecule has 3 nitrogen and oxygen atoms in total. The number of aryl methyl sites for hydroxylation is 2. The van der Waals surface area contributed by atoms with Crippen LogP contribution in [0.1, 0.15) is 41.3 Å². The van der Waals surface area contributed by atoms with E-state index in [9.17, 15) is 0 Å². The molecule has 0 aromatic carbocycles. The highest BCUT2D eigenvalue weighted by molar-refractivity contribution is 7.10. The predicted molar refractivity (Wildman–Crippen MR) is 70.2 cm³/mol. The van der Waals surface area contributed by atoms with E-state index in [0.29, 0.717) is 6.04 Å². The molecule has 0 aliphatic rings. The molecule has 1 N–H and O–H groups in total. The van der Waals surface area contributed by atoms with E-state index in [1.807, 2.05) is 13.8 Å². The third-order valence-electron chi connectivity index (χ3n) is 3.00. The molecule has 2 rings (SSSR count). The Morgan fingerprint density at radius 1 is 1.47 bits per heavy atom. The second-order valence-corrected chi connectivity index (χ2v) is 5.14. The van der Waals surface area contributed by atoms with Gasteiger partial charge in [0.25, 0.3) is 0 Å². The number of thiophene rings is 1. The van der Waals surface area contributed by atoms with Crippen LogP contribution in [0.4, 0.5) is 0 Å². The molecule has 0 spiro atoms. The maximum absolute atomic E-state index is 5.16. The van der Waals surface area contributed by atoms with E-state index in [2.05, 4.69) is 34.9 Å². The average molecular weight is 250 g/mol. The van der Waals surface area contributed by atoms with Gasteiger partial charge in [0.15, 0.2) is 0 Å². The van der Waals surface area contributed by atoms with Crippen molar-refractivity contribution < 1.29 is 4.52 Å². The molecule has 0 aliphatic heterocycles. The largest absolute Gasteiger partial charge is 0.361 e. The van der Waals surface area contributed by atoms with Gasteiger partial charge in [0.2, 0.25) is 0 Å². The molecule has 4 heteroatoms. The van der Waals surface area contributed by atoms with Crippen LogP contribution in [0.2, 0.25) is 0 Å². The van der Waals surface area contributed by atoms with Crippen LogP contribution in [0.25, 0.3) is 0 Å². The Balaban J connectivity index is 2.02. The fourth-order valence-corrected chi connectivity index (χ4v) is 2.80. The van der Waals surface area contributed by atoms with Crippen LogP contribution < -0.4 is 5.32 Å². The second-order valence-electron chi connectivity index (χ2n) is 4.16. The lowest BCUT2D eigenvalue weighted by Gasteiger charge is -2.15. The molecule has 0 radical (unpaired) electrons. The molecule has 0 fully saturated rings. The monoisotopic (exact) mass is 250 g/mol. The lowest BCUT2D eigenvalue weighted by molar-refractivity contribution is 0.391. The van der Waals surface area contributed by atoms with Crippen LogP contribution in [-0.2, 0) is 6.54 Å². The van der Waals surface area contributed by atoms with Crippen molar-refractivity contribution in [3.05, 3.63) is 39.4 Å². The van der Waals surface area contributed by atoms with Crippen molar-refractivity contribution in [3.8, 4) is 0 Å². The van der Waals surface area contributed by atoms with Crippen molar-refractivity contribution in [3.63, 3.8) is 0 Å². The number of nitrogens with zero attached hydrogens (tertiary/aromatic N) is 1. The van der Waals surface area contributed by atoms with Crippen LogP contribution in [0, 0.1) is 13.8 Å². The summed E-state index contributed by atoms with van der Waals surface area (Å²) in [5, 5.41) is 9.66. The van der Waals surface area contributed by atoms with Crippen molar-refractivity contribution in [2.75, 3.05) is 0 Å². The van der Waals surface area contributed by atoms with Crippen LogP contribution >= 0.6 is 11.3 Å². The van der Waals surface area contributed by atoms with E-state index < -0.39 is 0 Å². The Morgan fingerprint density at radius 3 is 2.82 bits per heavy atom. The summed E-state index contributed by atoms with van der Waals surface area (Å²) in [6.07, 6.45) is 1.09. The topological polar surface area (TPSA) is 38.1 Å². The van der Waals surface area contributed by atoms with E-state index in [0.717, 1.165) is 24.4 Å². The SMILES string of the molecule is CCC(NCc1c(C)noc1C)c1cccs1. The number of aromatic nitrogens is 1. The standard InChI is InChI=1S/C13H18N2OS/c1-4-12(13-6-5-7-17-13)14-8-11-9(2)15-16-10(11)3/h5-7,12,14H,4,8H2,1-3H3. The van der Waals surface area contributed by atoms with E-state index in [1.54, 1.807) is 11.3 Å².